The Morgan fingerprint density at radius 2 is 1.94 bits per heavy atom. The number of amides is 1. The Labute approximate surface area is 202 Å². The molecule has 2 heterocycles. The number of carbonyl (C=O) groups is 1. The van der Waals surface area contributed by atoms with E-state index in [0.717, 1.165) is 12.2 Å². The molecular formula is C26H38N2O4S. The van der Waals surface area contributed by atoms with Crippen LogP contribution in [-0.2, 0) is 16.0 Å². The summed E-state index contributed by atoms with van der Waals surface area (Å²) < 4.78 is 11.7. The molecule has 2 aromatic rings. The number of thiophene rings is 1. The summed E-state index contributed by atoms with van der Waals surface area (Å²) in [6.07, 6.45) is 0.302. The number of carbonyl (C=O) groups excluding carboxylic acids is 1. The highest BCUT2D eigenvalue weighted by Crippen LogP contribution is 2.34. The van der Waals surface area contributed by atoms with Crippen molar-refractivity contribution in [3.8, 4) is 5.75 Å². The first-order valence-electron chi connectivity index (χ1n) is 11.8. The monoisotopic (exact) mass is 474 g/mol. The first-order valence-corrected chi connectivity index (χ1v) is 12.7. The molecule has 0 fully saturated rings. The van der Waals surface area contributed by atoms with E-state index < -0.39 is 6.10 Å². The van der Waals surface area contributed by atoms with Crippen LogP contribution in [0.1, 0.15) is 49.7 Å². The molecule has 1 aromatic heterocycles. The summed E-state index contributed by atoms with van der Waals surface area (Å²) in [6.45, 7) is 12.1. The van der Waals surface area contributed by atoms with Gasteiger partial charge in [-0.3, -0.25) is 9.69 Å². The highest BCUT2D eigenvalue weighted by molar-refractivity contribution is 7.10. The fraction of sp³-hybridized carbons (Fsp3) is 0.577. The average Bonchev–Trinajstić information content (AvgIpc) is 3.25. The Morgan fingerprint density at radius 1 is 1.21 bits per heavy atom. The van der Waals surface area contributed by atoms with Crippen LogP contribution in [0.25, 0.3) is 0 Å². The van der Waals surface area contributed by atoms with Crippen LogP contribution < -0.4 is 4.74 Å². The van der Waals surface area contributed by atoms with E-state index in [1.54, 1.807) is 11.3 Å². The van der Waals surface area contributed by atoms with Gasteiger partial charge in [0.05, 0.1) is 31.4 Å². The molecule has 1 aliphatic rings. The van der Waals surface area contributed by atoms with Gasteiger partial charge in [0.1, 0.15) is 12.4 Å². The molecule has 3 rings (SSSR count). The molecule has 2 atom stereocenters. The van der Waals surface area contributed by atoms with Crippen LogP contribution in [0.15, 0.2) is 35.7 Å². The number of aliphatic hydroxyl groups is 1. The van der Waals surface area contributed by atoms with E-state index in [-0.39, 0.29) is 37.2 Å². The zero-order valence-corrected chi connectivity index (χ0v) is 21.3. The molecule has 0 spiro atoms. The number of nitrogens with zero attached hydrogens (tertiary/aromatic N) is 2. The van der Waals surface area contributed by atoms with Crippen molar-refractivity contribution in [3.05, 3.63) is 51.7 Å². The maximum absolute atomic E-state index is 13.5. The van der Waals surface area contributed by atoms with Crippen LogP contribution in [0.3, 0.4) is 0 Å². The fourth-order valence-electron chi connectivity index (χ4n) is 4.03. The molecule has 0 radical (unpaired) electrons. The van der Waals surface area contributed by atoms with Crippen LogP contribution in [0.2, 0.25) is 0 Å². The van der Waals surface area contributed by atoms with Gasteiger partial charge >= 0.3 is 0 Å². The Hall–Kier alpha value is -1.93. The highest BCUT2D eigenvalue weighted by Gasteiger charge is 2.33. The number of aliphatic hydroxyl groups excluding tert-OH is 1. The standard InChI is InChI=1S/C26H38N2O4S/c1-18(2)27(14-21(29)16-31-19(3)4)15-26(30)28-12-10-25-23(11-13-33-25)24(28)17-32-22-8-6-20(5)7-9-22/h6-9,11,13,18-19,21,24,29H,10,12,14-17H2,1-5H3. The zero-order valence-electron chi connectivity index (χ0n) is 20.5. The molecule has 182 valence electrons. The molecule has 0 saturated heterocycles. The Kier molecular flexibility index (Phi) is 9.32. The maximum atomic E-state index is 13.5. The molecule has 1 aliphatic heterocycles. The number of benzene rings is 1. The van der Waals surface area contributed by atoms with Crippen LogP contribution in [-0.4, -0.2) is 71.9 Å². The molecule has 0 aliphatic carbocycles. The number of hydrogen-bond donors (Lipinski definition) is 1. The second-order valence-electron chi connectivity index (χ2n) is 9.34. The van der Waals surface area contributed by atoms with Crippen molar-refractivity contribution < 1.29 is 19.4 Å². The van der Waals surface area contributed by atoms with Gasteiger partial charge in [-0.15, -0.1) is 11.3 Å². The number of aryl methyl sites for hydroxylation is 1. The smallest absolute Gasteiger partial charge is 0.237 e. The number of ether oxygens (including phenoxy) is 2. The lowest BCUT2D eigenvalue weighted by Gasteiger charge is -2.38. The van der Waals surface area contributed by atoms with Crippen molar-refractivity contribution in [1.29, 1.82) is 0 Å². The van der Waals surface area contributed by atoms with Crippen molar-refractivity contribution >= 4 is 17.2 Å². The van der Waals surface area contributed by atoms with Gasteiger partial charge in [-0.1, -0.05) is 17.7 Å². The van der Waals surface area contributed by atoms with Crippen molar-refractivity contribution in [2.24, 2.45) is 0 Å². The van der Waals surface area contributed by atoms with Gasteiger partial charge in [-0.25, -0.2) is 0 Å². The number of fused-ring (bicyclic) bond motifs is 1. The molecule has 6 nitrogen and oxygen atoms in total. The summed E-state index contributed by atoms with van der Waals surface area (Å²) in [5.41, 5.74) is 2.37. The quantitative estimate of drug-likeness (QED) is 0.532. The second kappa shape index (κ2) is 12.0. The van der Waals surface area contributed by atoms with E-state index in [9.17, 15) is 9.90 Å². The van der Waals surface area contributed by atoms with Gasteiger partial charge in [-0.2, -0.15) is 0 Å². The third-order valence-corrected chi connectivity index (χ3v) is 6.98. The molecule has 7 heteroatoms. The van der Waals surface area contributed by atoms with E-state index in [0.29, 0.717) is 19.7 Å². The summed E-state index contributed by atoms with van der Waals surface area (Å²) in [6, 6.07) is 10.1. The Morgan fingerprint density at radius 3 is 2.61 bits per heavy atom. The SMILES string of the molecule is Cc1ccc(OCC2c3ccsc3CCN2C(=O)CN(CC(O)COC(C)C)C(C)C)cc1. The van der Waals surface area contributed by atoms with Crippen LogP contribution in [0.5, 0.6) is 5.75 Å². The van der Waals surface area contributed by atoms with Gasteiger partial charge in [0.15, 0.2) is 0 Å². The van der Waals surface area contributed by atoms with Crippen LogP contribution >= 0.6 is 11.3 Å². The van der Waals surface area contributed by atoms with Gasteiger partial charge in [0, 0.05) is 24.0 Å². The Balaban J connectivity index is 1.68. The fourth-order valence-corrected chi connectivity index (χ4v) is 4.96. The molecule has 2 unspecified atom stereocenters. The minimum Gasteiger partial charge on any atom is -0.491 e. The topological polar surface area (TPSA) is 62.2 Å². The van der Waals surface area contributed by atoms with Crippen molar-refractivity contribution in [2.75, 3.05) is 32.8 Å². The number of rotatable bonds is 11. The average molecular weight is 475 g/mol. The van der Waals surface area contributed by atoms with Gasteiger partial charge in [-0.05, 0) is 70.2 Å². The molecule has 0 bridgehead atoms. The van der Waals surface area contributed by atoms with E-state index in [1.165, 1.54) is 16.0 Å². The summed E-state index contributed by atoms with van der Waals surface area (Å²) >= 11 is 1.75. The lowest BCUT2D eigenvalue weighted by Crippen LogP contribution is -2.49. The minimum atomic E-state index is -0.631. The van der Waals surface area contributed by atoms with Gasteiger partial charge in [0.2, 0.25) is 5.91 Å². The molecule has 33 heavy (non-hydrogen) atoms. The summed E-state index contributed by atoms with van der Waals surface area (Å²) in [5.74, 6) is 0.877. The van der Waals surface area contributed by atoms with E-state index >= 15 is 0 Å². The first-order chi connectivity index (χ1) is 15.7. The lowest BCUT2D eigenvalue weighted by molar-refractivity contribution is -0.137. The summed E-state index contributed by atoms with van der Waals surface area (Å²) in [5, 5.41) is 12.5. The number of hydrogen-bond acceptors (Lipinski definition) is 6. The first kappa shape index (κ1) is 25.7. The second-order valence-corrected chi connectivity index (χ2v) is 10.3. The van der Waals surface area contributed by atoms with Crippen LogP contribution in [0, 0.1) is 6.92 Å². The third kappa shape index (κ3) is 7.27. The summed E-state index contributed by atoms with van der Waals surface area (Å²) in [7, 11) is 0. The molecular weight excluding hydrogens is 436 g/mol. The van der Waals surface area contributed by atoms with Gasteiger partial charge < -0.3 is 19.5 Å². The van der Waals surface area contributed by atoms with E-state index in [4.69, 9.17) is 9.47 Å². The predicted octanol–water partition coefficient (Wildman–Crippen LogP) is 4.06. The van der Waals surface area contributed by atoms with Crippen molar-refractivity contribution in [3.63, 3.8) is 0 Å². The molecule has 1 amide bonds. The van der Waals surface area contributed by atoms with E-state index in [1.807, 2.05) is 47.9 Å². The largest absolute Gasteiger partial charge is 0.491 e. The maximum Gasteiger partial charge on any atom is 0.237 e. The Bertz CT molecular complexity index is 881. The van der Waals surface area contributed by atoms with Crippen molar-refractivity contribution in [1.82, 2.24) is 9.80 Å². The predicted molar refractivity (Wildman–Crippen MR) is 133 cm³/mol. The van der Waals surface area contributed by atoms with Crippen molar-refractivity contribution in [2.45, 2.75) is 65.3 Å². The lowest BCUT2D eigenvalue weighted by atomic mass is 10.00. The normalized spacial score (nSPS) is 17.0. The van der Waals surface area contributed by atoms with Gasteiger partial charge in [0.25, 0.3) is 0 Å². The van der Waals surface area contributed by atoms with E-state index in [2.05, 4.69) is 32.2 Å². The molecule has 1 N–H and O–H groups in total. The highest BCUT2D eigenvalue weighted by atomic mass is 32.1. The minimum absolute atomic E-state index is 0.0648. The molecule has 1 aromatic carbocycles. The zero-order chi connectivity index (χ0) is 24.0. The summed E-state index contributed by atoms with van der Waals surface area (Å²) in [4.78, 5) is 18.8. The van der Waals surface area contributed by atoms with Crippen LogP contribution in [0.4, 0.5) is 0 Å². The molecule has 0 saturated carbocycles. The third-order valence-electron chi connectivity index (χ3n) is 5.98.